The summed E-state index contributed by atoms with van der Waals surface area (Å²) in [6.07, 6.45) is 3.30. The van der Waals surface area contributed by atoms with Crippen LogP contribution in [-0.4, -0.2) is 24.6 Å². The number of piperidine rings is 1. The monoisotopic (exact) mass is 275 g/mol. The molecule has 0 amide bonds. The highest BCUT2D eigenvalue weighted by Gasteiger charge is 2.22. The predicted molar refractivity (Wildman–Crippen MR) is 85.9 cm³/mol. The van der Waals surface area contributed by atoms with E-state index in [0.29, 0.717) is 5.92 Å². The number of hydrogen-bond acceptors (Lipinski definition) is 3. The minimum atomic E-state index is 0.682. The molecule has 1 saturated heterocycles. The third kappa shape index (κ3) is 4.48. The Morgan fingerprint density at radius 2 is 2.00 bits per heavy atom. The zero-order chi connectivity index (χ0) is 14.5. The summed E-state index contributed by atoms with van der Waals surface area (Å²) in [6, 6.07) is 4.40. The number of hydrogen-bond donors (Lipinski definition) is 1. The van der Waals surface area contributed by atoms with E-state index in [1.807, 2.05) is 6.20 Å². The molecule has 0 aromatic carbocycles. The molecule has 2 heterocycles. The normalized spacial score (nSPS) is 23.4. The van der Waals surface area contributed by atoms with Crippen LogP contribution in [-0.2, 0) is 6.54 Å². The average molecular weight is 275 g/mol. The quantitative estimate of drug-likeness (QED) is 0.893. The Bertz CT molecular complexity index is 406. The number of anilines is 1. The van der Waals surface area contributed by atoms with Crippen LogP contribution in [0.3, 0.4) is 0 Å². The SMILES string of the molecule is CC(C)CNCc1cc(N2CC(C)CC(C)C2)ccn1. The van der Waals surface area contributed by atoms with Crippen LogP contribution in [0.25, 0.3) is 0 Å². The Hall–Kier alpha value is -1.09. The van der Waals surface area contributed by atoms with E-state index in [4.69, 9.17) is 0 Å². The maximum Gasteiger partial charge on any atom is 0.0562 e. The first-order chi connectivity index (χ1) is 9.54. The molecule has 0 radical (unpaired) electrons. The topological polar surface area (TPSA) is 28.2 Å². The lowest BCUT2D eigenvalue weighted by atomic mass is 9.91. The van der Waals surface area contributed by atoms with Crippen LogP contribution >= 0.6 is 0 Å². The molecule has 1 aromatic rings. The van der Waals surface area contributed by atoms with Gasteiger partial charge >= 0.3 is 0 Å². The minimum absolute atomic E-state index is 0.682. The third-order valence-corrected chi connectivity index (χ3v) is 3.89. The van der Waals surface area contributed by atoms with Gasteiger partial charge in [-0.25, -0.2) is 0 Å². The Morgan fingerprint density at radius 1 is 1.30 bits per heavy atom. The Kier molecular flexibility index (Phi) is 5.41. The molecule has 1 aliphatic heterocycles. The van der Waals surface area contributed by atoms with Crippen LogP contribution in [0.1, 0.15) is 39.8 Å². The number of nitrogens with one attached hydrogen (secondary N) is 1. The fourth-order valence-corrected chi connectivity index (χ4v) is 3.12. The molecular weight excluding hydrogens is 246 g/mol. The van der Waals surface area contributed by atoms with Crippen molar-refractivity contribution in [1.29, 1.82) is 0 Å². The van der Waals surface area contributed by atoms with Gasteiger partial charge in [-0.2, -0.15) is 0 Å². The second-order valence-corrected chi connectivity index (χ2v) is 6.88. The Balaban J connectivity index is 1.98. The van der Waals surface area contributed by atoms with Crippen molar-refractivity contribution in [2.24, 2.45) is 17.8 Å². The number of aromatic nitrogens is 1. The van der Waals surface area contributed by atoms with Gasteiger partial charge in [0.15, 0.2) is 0 Å². The van der Waals surface area contributed by atoms with Gasteiger partial charge in [0, 0.05) is 31.5 Å². The van der Waals surface area contributed by atoms with Crippen molar-refractivity contribution < 1.29 is 0 Å². The fraction of sp³-hybridized carbons (Fsp3) is 0.706. The molecule has 1 aromatic heterocycles. The number of rotatable bonds is 5. The summed E-state index contributed by atoms with van der Waals surface area (Å²) < 4.78 is 0. The molecular formula is C17H29N3. The first-order valence-electron chi connectivity index (χ1n) is 7.95. The Labute approximate surface area is 123 Å². The molecule has 2 rings (SSSR count). The van der Waals surface area contributed by atoms with E-state index in [-0.39, 0.29) is 0 Å². The molecule has 0 spiro atoms. The van der Waals surface area contributed by atoms with Gasteiger partial charge in [0.1, 0.15) is 0 Å². The molecule has 3 nitrogen and oxygen atoms in total. The summed E-state index contributed by atoms with van der Waals surface area (Å²) in [5, 5.41) is 3.47. The van der Waals surface area contributed by atoms with E-state index < -0.39 is 0 Å². The molecule has 0 aliphatic carbocycles. The Morgan fingerprint density at radius 3 is 2.65 bits per heavy atom. The summed E-state index contributed by atoms with van der Waals surface area (Å²) in [6.45, 7) is 13.4. The molecule has 3 heteroatoms. The predicted octanol–water partition coefficient (Wildman–Crippen LogP) is 3.31. The van der Waals surface area contributed by atoms with Gasteiger partial charge in [-0.15, -0.1) is 0 Å². The molecule has 2 unspecified atom stereocenters. The van der Waals surface area contributed by atoms with Gasteiger partial charge in [-0.05, 0) is 42.9 Å². The van der Waals surface area contributed by atoms with Crippen molar-refractivity contribution in [3.05, 3.63) is 24.0 Å². The van der Waals surface area contributed by atoms with Crippen molar-refractivity contribution in [2.75, 3.05) is 24.5 Å². The van der Waals surface area contributed by atoms with E-state index in [0.717, 1.165) is 30.6 Å². The van der Waals surface area contributed by atoms with Crippen LogP contribution in [0.2, 0.25) is 0 Å². The van der Waals surface area contributed by atoms with Crippen LogP contribution in [0.15, 0.2) is 18.3 Å². The largest absolute Gasteiger partial charge is 0.371 e. The summed E-state index contributed by atoms with van der Waals surface area (Å²) in [4.78, 5) is 7.00. The first kappa shape index (κ1) is 15.3. The summed E-state index contributed by atoms with van der Waals surface area (Å²) in [5.74, 6) is 2.26. The maximum atomic E-state index is 4.48. The van der Waals surface area contributed by atoms with Crippen molar-refractivity contribution in [2.45, 2.75) is 40.7 Å². The van der Waals surface area contributed by atoms with Gasteiger partial charge in [0.2, 0.25) is 0 Å². The number of pyridine rings is 1. The zero-order valence-corrected chi connectivity index (χ0v) is 13.4. The molecule has 1 aliphatic rings. The molecule has 20 heavy (non-hydrogen) atoms. The van der Waals surface area contributed by atoms with Gasteiger partial charge in [-0.3, -0.25) is 4.98 Å². The van der Waals surface area contributed by atoms with E-state index >= 15 is 0 Å². The van der Waals surface area contributed by atoms with Crippen LogP contribution in [0, 0.1) is 17.8 Å². The maximum absolute atomic E-state index is 4.48. The van der Waals surface area contributed by atoms with E-state index in [2.05, 4.69) is 55.0 Å². The molecule has 112 valence electrons. The highest BCUT2D eigenvalue weighted by molar-refractivity contribution is 5.47. The van der Waals surface area contributed by atoms with Crippen LogP contribution < -0.4 is 10.2 Å². The smallest absolute Gasteiger partial charge is 0.0562 e. The van der Waals surface area contributed by atoms with E-state index in [9.17, 15) is 0 Å². The minimum Gasteiger partial charge on any atom is -0.371 e. The summed E-state index contributed by atoms with van der Waals surface area (Å²) in [7, 11) is 0. The van der Waals surface area contributed by atoms with Gasteiger partial charge < -0.3 is 10.2 Å². The van der Waals surface area contributed by atoms with E-state index in [1.165, 1.54) is 25.2 Å². The second-order valence-electron chi connectivity index (χ2n) is 6.88. The summed E-state index contributed by atoms with van der Waals surface area (Å²) in [5.41, 5.74) is 2.48. The van der Waals surface area contributed by atoms with Crippen molar-refractivity contribution in [3.8, 4) is 0 Å². The lowest BCUT2D eigenvalue weighted by Crippen LogP contribution is -2.38. The van der Waals surface area contributed by atoms with Crippen LogP contribution in [0.4, 0.5) is 5.69 Å². The molecule has 1 fully saturated rings. The van der Waals surface area contributed by atoms with E-state index in [1.54, 1.807) is 0 Å². The molecule has 0 saturated carbocycles. The second kappa shape index (κ2) is 7.07. The fourth-order valence-electron chi connectivity index (χ4n) is 3.12. The highest BCUT2D eigenvalue weighted by atomic mass is 15.1. The van der Waals surface area contributed by atoms with Gasteiger partial charge in [0.25, 0.3) is 0 Å². The molecule has 2 atom stereocenters. The number of nitrogens with zero attached hydrogens (tertiary/aromatic N) is 2. The third-order valence-electron chi connectivity index (χ3n) is 3.89. The first-order valence-corrected chi connectivity index (χ1v) is 7.95. The lowest BCUT2D eigenvalue weighted by Gasteiger charge is -2.36. The van der Waals surface area contributed by atoms with Crippen molar-refractivity contribution >= 4 is 5.69 Å². The van der Waals surface area contributed by atoms with Crippen molar-refractivity contribution in [1.82, 2.24) is 10.3 Å². The molecule has 1 N–H and O–H groups in total. The van der Waals surface area contributed by atoms with Gasteiger partial charge in [0.05, 0.1) is 5.69 Å². The van der Waals surface area contributed by atoms with Crippen LogP contribution in [0.5, 0.6) is 0 Å². The van der Waals surface area contributed by atoms with Gasteiger partial charge in [-0.1, -0.05) is 27.7 Å². The standard InChI is InChI=1S/C17H29N3/c1-13(2)9-18-10-16-8-17(5-6-19-16)20-11-14(3)7-15(4)12-20/h5-6,8,13-15,18H,7,9-12H2,1-4H3. The van der Waals surface area contributed by atoms with Crippen molar-refractivity contribution in [3.63, 3.8) is 0 Å². The lowest BCUT2D eigenvalue weighted by molar-refractivity contribution is 0.357. The summed E-state index contributed by atoms with van der Waals surface area (Å²) >= 11 is 0. The zero-order valence-electron chi connectivity index (χ0n) is 13.4. The average Bonchev–Trinajstić information content (AvgIpc) is 2.37. The highest BCUT2D eigenvalue weighted by Crippen LogP contribution is 2.26. The molecule has 0 bridgehead atoms.